The fourth-order valence-electron chi connectivity index (χ4n) is 3.44. The van der Waals surface area contributed by atoms with Crippen LogP contribution < -0.4 is 15.5 Å². The number of hydrogen-bond donors (Lipinski definition) is 1. The van der Waals surface area contributed by atoms with Gasteiger partial charge in [-0.05, 0) is 41.8 Å². The minimum Gasteiger partial charge on any atom is -0.496 e. The van der Waals surface area contributed by atoms with Crippen molar-refractivity contribution in [2.24, 2.45) is 0 Å². The molecule has 31 heavy (non-hydrogen) atoms. The summed E-state index contributed by atoms with van der Waals surface area (Å²) in [5.74, 6) is 1.11. The minimum absolute atomic E-state index is 0.169. The number of para-hydroxylation sites is 1. The van der Waals surface area contributed by atoms with E-state index in [4.69, 9.17) is 9.15 Å². The molecule has 4 aromatic rings. The van der Waals surface area contributed by atoms with E-state index >= 15 is 0 Å². The van der Waals surface area contributed by atoms with Gasteiger partial charge in [-0.3, -0.25) is 9.59 Å². The molecule has 156 valence electrons. The highest BCUT2D eigenvalue weighted by Crippen LogP contribution is 2.26. The molecule has 1 amide bonds. The van der Waals surface area contributed by atoms with Crippen LogP contribution >= 0.6 is 0 Å². The number of hydrogen-bond acceptors (Lipinski definition) is 4. The molecular weight excluding hydrogens is 390 g/mol. The molecule has 0 spiro atoms. The lowest BCUT2D eigenvalue weighted by Crippen LogP contribution is -2.13. The summed E-state index contributed by atoms with van der Waals surface area (Å²) >= 11 is 0. The second kappa shape index (κ2) is 8.48. The van der Waals surface area contributed by atoms with E-state index in [2.05, 4.69) is 19.2 Å². The van der Waals surface area contributed by atoms with E-state index < -0.39 is 0 Å². The first-order valence-corrected chi connectivity index (χ1v) is 10.1. The number of benzene rings is 3. The second-order valence-corrected chi connectivity index (χ2v) is 7.62. The van der Waals surface area contributed by atoms with Crippen LogP contribution in [0.25, 0.3) is 22.3 Å². The smallest absolute Gasteiger partial charge is 0.259 e. The predicted octanol–water partition coefficient (Wildman–Crippen LogP) is 5.84. The summed E-state index contributed by atoms with van der Waals surface area (Å²) in [6, 6.07) is 21.5. The van der Waals surface area contributed by atoms with Gasteiger partial charge in [-0.2, -0.15) is 0 Å². The van der Waals surface area contributed by atoms with Crippen molar-refractivity contribution in [2.75, 3.05) is 12.4 Å². The summed E-state index contributed by atoms with van der Waals surface area (Å²) < 4.78 is 11.2. The first-order chi connectivity index (χ1) is 15.0. The third kappa shape index (κ3) is 4.21. The van der Waals surface area contributed by atoms with Gasteiger partial charge in [0.15, 0.2) is 5.43 Å². The number of amides is 1. The zero-order valence-electron chi connectivity index (χ0n) is 17.6. The molecule has 3 aromatic carbocycles. The summed E-state index contributed by atoms with van der Waals surface area (Å²) in [6.45, 7) is 4.27. The van der Waals surface area contributed by atoms with Crippen molar-refractivity contribution in [3.8, 4) is 17.1 Å². The molecule has 0 bridgehead atoms. The first kappa shape index (κ1) is 20.4. The SMILES string of the molecule is COc1ccccc1C(=O)Nc1ccc2oc(-c3ccc(C(C)C)cc3)cc(=O)c2c1. The van der Waals surface area contributed by atoms with Gasteiger partial charge in [0, 0.05) is 17.3 Å². The maximum atomic E-state index is 12.8. The fourth-order valence-corrected chi connectivity index (χ4v) is 3.44. The summed E-state index contributed by atoms with van der Waals surface area (Å²) in [7, 11) is 1.52. The molecule has 1 N–H and O–H groups in total. The van der Waals surface area contributed by atoms with E-state index in [-0.39, 0.29) is 11.3 Å². The number of methoxy groups -OCH3 is 1. The van der Waals surface area contributed by atoms with Gasteiger partial charge >= 0.3 is 0 Å². The van der Waals surface area contributed by atoms with Crippen LogP contribution in [-0.4, -0.2) is 13.0 Å². The van der Waals surface area contributed by atoms with Gasteiger partial charge in [0.1, 0.15) is 17.1 Å². The van der Waals surface area contributed by atoms with Crippen molar-refractivity contribution < 1.29 is 13.9 Å². The maximum Gasteiger partial charge on any atom is 0.259 e. The number of nitrogens with one attached hydrogen (secondary N) is 1. The molecule has 1 heterocycles. The second-order valence-electron chi connectivity index (χ2n) is 7.62. The molecule has 5 heteroatoms. The Bertz CT molecular complexity index is 1300. The molecule has 5 nitrogen and oxygen atoms in total. The molecule has 0 aliphatic rings. The number of carbonyl (C=O) groups is 1. The monoisotopic (exact) mass is 413 g/mol. The molecular formula is C26H23NO4. The van der Waals surface area contributed by atoms with Crippen molar-refractivity contribution in [3.05, 3.63) is 94.1 Å². The number of rotatable bonds is 5. The van der Waals surface area contributed by atoms with Gasteiger partial charge in [-0.25, -0.2) is 0 Å². The Kier molecular flexibility index (Phi) is 5.58. The molecule has 0 saturated carbocycles. The highest BCUT2D eigenvalue weighted by atomic mass is 16.5. The van der Waals surface area contributed by atoms with Crippen LogP contribution in [0.3, 0.4) is 0 Å². The fraction of sp³-hybridized carbons (Fsp3) is 0.154. The lowest BCUT2D eigenvalue weighted by molar-refractivity contribution is 0.102. The average molecular weight is 413 g/mol. The Labute approximate surface area is 180 Å². The minimum atomic E-state index is -0.317. The Balaban J connectivity index is 1.64. The van der Waals surface area contributed by atoms with Crippen molar-refractivity contribution in [3.63, 3.8) is 0 Å². The van der Waals surface area contributed by atoms with E-state index in [0.29, 0.717) is 39.6 Å². The van der Waals surface area contributed by atoms with E-state index in [1.807, 2.05) is 24.3 Å². The Hall–Kier alpha value is -3.86. The third-order valence-electron chi connectivity index (χ3n) is 5.20. The average Bonchev–Trinajstić information content (AvgIpc) is 2.79. The van der Waals surface area contributed by atoms with Gasteiger partial charge in [-0.1, -0.05) is 50.2 Å². The Morgan fingerprint density at radius 3 is 2.42 bits per heavy atom. The van der Waals surface area contributed by atoms with Crippen LogP contribution in [0.15, 0.2) is 82.0 Å². The molecule has 1 aromatic heterocycles. The summed E-state index contributed by atoms with van der Waals surface area (Å²) in [6.07, 6.45) is 0. The zero-order chi connectivity index (χ0) is 22.0. The van der Waals surface area contributed by atoms with Crippen LogP contribution in [0.2, 0.25) is 0 Å². The summed E-state index contributed by atoms with van der Waals surface area (Å²) in [4.78, 5) is 25.4. The van der Waals surface area contributed by atoms with E-state index in [1.165, 1.54) is 18.7 Å². The normalized spacial score (nSPS) is 11.0. The maximum absolute atomic E-state index is 12.8. The molecule has 0 saturated heterocycles. The lowest BCUT2D eigenvalue weighted by atomic mass is 10.0. The largest absolute Gasteiger partial charge is 0.496 e. The van der Waals surface area contributed by atoms with Gasteiger partial charge in [-0.15, -0.1) is 0 Å². The van der Waals surface area contributed by atoms with Crippen LogP contribution in [0.5, 0.6) is 5.75 Å². The molecule has 0 aliphatic heterocycles. The van der Waals surface area contributed by atoms with Crippen molar-refractivity contribution in [2.45, 2.75) is 19.8 Å². The molecule has 0 fully saturated rings. The topological polar surface area (TPSA) is 68.5 Å². The first-order valence-electron chi connectivity index (χ1n) is 10.1. The zero-order valence-corrected chi connectivity index (χ0v) is 17.6. The van der Waals surface area contributed by atoms with Crippen molar-refractivity contribution in [1.82, 2.24) is 0 Å². The van der Waals surface area contributed by atoms with E-state index in [1.54, 1.807) is 42.5 Å². The highest BCUT2D eigenvalue weighted by molar-refractivity contribution is 6.06. The van der Waals surface area contributed by atoms with Crippen molar-refractivity contribution >= 4 is 22.6 Å². The number of carbonyl (C=O) groups excluding carboxylic acids is 1. The molecule has 0 aliphatic carbocycles. The number of ether oxygens (including phenoxy) is 1. The van der Waals surface area contributed by atoms with Gasteiger partial charge in [0.05, 0.1) is 18.1 Å². The number of anilines is 1. The van der Waals surface area contributed by atoms with Gasteiger partial charge in [0.2, 0.25) is 0 Å². The van der Waals surface area contributed by atoms with Gasteiger partial charge in [0.25, 0.3) is 5.91 Å². The van der Waals surface area contributed by atoms with Gasteiger partial charge < -0.3 is 14.5 Å². The predicted molar refractivity (Wildman–Crippen MR) is 123 cm³/mol. The molecule has 4 rings (SSSR count). The number of fused-ring (bicyclic) bond motifs is 1. The van der Waals surface area contributed by atoms with E-state index in [9.17, 15) is 9.59 Å². The Morgan fingerprint density at radius 1 is 0.968 bits per heavy atom. The molecule has 0 unspecified atom stereocenters. The van der Waals surface area contributed by atoms with Crippen LogP contribution in [-0.2, 0) is 0 Å². The molecule has 0 radical (unpaired) electrons. The lowest BCUT2D eigenvalue weighted by Gasteiger charge is -2.10. The van der Waals surface area contributed by atoms with Crippen LogP contribution in [0.1, 0.15) is 35.7 Å². The Morgan fingerprint density at radius 2 is 1.71 bits per heavy atom. The van der Waals surface area contributed by atoms with Crippen LogP contribution in [0, 0.1) is 0 Å². The summed E-state index contributed by atoms with van der Waals surface area (Å²) in [5, 5.41) is 3.22. The summed E-state index contributed by atoms with van der Waals surface area (Å²) in [5.41, 5.74) is 3.28. The van der Waals surface area contributed by atoms with E-state index in [0.717, 1.165) is 5.56 Å². The quantitative estimate of drug-likeness (QED) is 0.446. The standard InChI is InChI=1S/C26H23NO4/c1-16(2)17-8-10-18(11-9-17)25-15-22(28)21-14-19(12-13-24(21)31-25)27-26(29)20-6-4-5-7-23(20)30-3/h4-16H,1-3H3,(H,27,29). The molecule has 0 atom stereocenters. The van der Waals surface area contributed by atoms with Crippen molar-refractivity contribution in [1.29, 1.82) is 0 Å². The third-order valence-corrected chi connectivity index (χ3v) is 5.20. The highest BCUT2D eigenvalue weighted by Gasteiger charge is 2.13. The van der Waals surface area contributed by atoms with Crippen LogP contribution in [0.4, 0.5) is 5.69 Å².